The van der Waals surface area contributed by atoms with Crippen molar-refractivity contribution in [2.45, 2.75) is 82.8 Å². The largest absolute Gasteiger partial charge is 0.300 e. The van der Waals surface area contributed by atoms with E-state index in [-0.39, 0.29) is 0 Å². The molecule has 2 atom stereocenters. The Morgan fingerprint density at radius 3 is 2.00 bits per heavy atom. The Labute approximate surface area is 105 Å². The fraction of sp³-hybridized carbons (Fsp3) is 0.933. The minimum Gasteiger partial charge on any atom is -0.300 e. The monoisotopic (exact) mass is 235 g/mol. The van der Waals surface area contributed by atoms with Gasteiger partial charge in [-0.3, -0.25) is 9.69 Å². The van der Waals surface area contributed by atoms with Crippen molar-refractivity contribution in [1.29, 1.82) is 0 Å². The Morgan fingerprint density at radius 2 is 1.47 bits per heavy atom. The molecule has 0 spiro atoms. The first-order chi connectivity index (χ1) is 8.28. The molecule has 0 aromatic carbocycles. The van der Waals surface area contributed by atoms with Gasteiger partial charge >= 0.3 is 0 Å². The van der Waals surface area contributed by atoms with Gasteiger partial charge in [0, 0.05) is 31.0 Å². The number of fused-ring (bicyclic) bond motifs is 2. The van der Waals surface area contributed by atoms with Crippen LogP contribution < -0.4 is 0 Å². The van der Waals surface area contributed by atoms with Crippen molar-refractivity contribution in [2.24, 2.45) is 5.92 Å². The lowest BCUT2D eigenvalue weighted by Gasteiger charge is -2.43. The first kappa shape index (κ1) is 11.7. The summed E-state index contributed by atoms with van der Waals surface area (Å²) in [5, 5.41) is 0. The molecule has 0 aromatic heterocycles. The first-order valence-corrected chi connectivity index (χ1v) is 7.57. The molecule has 2 nitrogen and oxygen atoms in total. The third kappa shape index (κ3) is 2.16. The van der Waals surface area contributed by atoms with E-state index in [0.717, 1.165) is 24.8 Å². The molecule has 1 aliphatic carbocycles. The van der Waals surface area contributed by atoms with Crippen molar-refractivity contribution in [3.05, 3.63) is 0 Å². The van der Waals surface area contributed by atoms with Crippen LogP contribution in [0.1, 0.15) is 64.7 Å². The summed E-state index contributed by atoms with van der Waals surface area (Å²) >= 11 is 0. The molecule has 2 saturated heterocycles. The first-order valence-electron chi connectivity index (χ1n) is 7.57. The Kier molecular flexibility index (Phi) is 3.25. The van der Waals surface area contributed by atoms with E-state index in [1.807, 2.05) is 0 Å². The maximum atomic E-state index is 11.6. The third-order valence-electron chi connectivity index (χ3n) is 5.42. The Hall–Kier alpha value is -0.370. The summed E-state index contributed by atoms with van der Waals surface area (Å²) in [4.78, 5) is 14.4. The summed E-state index contributed by atoms with van der Waals surface area (Å²) in [7, 11) is 0. The van der Waals surface area contributed by atoms with E-state index in [4.69, 9.17) is 0 Å². The Morgan fingerprint density at radius 1 is 0.941 bits per heavy atom. The zero-order chi connectivity index (χ0) is 11.8. The standard InChI is InChI=1S/C15H25NO/c1-2-11-3-5-12(6-4-11)16-13-7-8-14(16)10-15(17)9-13/h11-14H,2-10H2,1H3. The van der Waals surface area contributed by atoms with E-state index in [0.29, 0.717) is 17.9 Å². The van der Waals surface area contributed by atoms with Crippen molar-refractivity contribution in [2.75, 3.05) is 0 Å². The van der Waals surface area contributed by atoms with E-state index in [1.54, 1.807) is 0 Å². The summed E-state index contributed by atoms with van der Waals surface area (Å²) in [6, 6.07) is 2.04. The van der Waals surface area contributed by atoms with Gasteiger partial charge in [0.05, 0.1) is 0 Å². The molecule has 2 heteroatoms. The highest BCUT2D eigenvalue weighted by atomic mass is 16.1. The van der Waals surface area contributed by atoms with Crippen LogP contribution >= 0.6 is 0 Å². The van der Waals surface area contributed by atoms with Gasteiger partial charge in [-0.15, -0.1) is 0 Å². The number of carbonyl (C=O) groups is 1. The second-order valence-corrected chi connectivity index (χ2v) is 6.36. The van der Waals surface area contributed by atoms with Gasteiger partial charge in [-0.2, -0.15) is 0 Å². The van der Waals surface area contributed by atoms with Crippen molar-refractivity contribution in [1.82, 2.24) is 4.90 Å². The van der Waals surface area contributed by atoms with Gasteiger partial charge in [-0.25, -0.2) is 0 Å². The number of nitrogens with zero attached hydrogens (tertiary/aromatic N) is 1. The highest BCUT2D eigenvalue weighted by Crippen LogP contribution is 2.40. The van der Waals surface area contributed by atoms with Crippen LogP contribution in [0.5, 0.6) is 0 Å². The SMILES string of the molecule is CCC1CCC(N2C3CCC2CC(=O)C3)CC1. The van der Waals surface area contributed by atoms with Gasteiger partial charge in [-0.05, 0) is 44.4 Å². The van der Waals surface area contributed by atoms with E-state index >= 15 is 0 Å². The molecule has 96 valence electrons. The number of piperidine rings is 1. The lowest BCUT2D eigenvalue weighted by molar-refractivity contribution is -0.124. The molecule has 0 aromatic rings. The number of hydrogen-bond donors (Lipinski definition) is 0. The van der Waals surface area contributed by atoms with Gasteiger partial charge in [0.1, 0.15) is 5.78 Å². The molecule has 17 heavy (non-hydrogen) atoms. The minimum atomic E-state index is 0.524. The minimum absolute atomic E-state index is 0.524. The zero-order valence-electron chi connectivity index (χ0n) is 11.0. The predicted octanol–water partition coefficient (Wildman–Crippen LogP) is 3.15. The summed E-state index contributed by atoms with van der Waals surface area (Å²) in [5.74, 6) is 1.51. The summed E-state index contributed by atoms with van der Waals surface area (Å²) in [6.07, 6.45) is 11.2. The number of Topliss-reactive ketones (excluding diaryl/α,β-unsaturated/α-hetero) is 1. The molecule has 3 rings (SSSR count). The molecule has 0 amide bonds. The van der Waals surface area contributed by atoms with Gasteiger partial charge in [0.25, 0.3) is 0 Å². The molecule has 2 unspecified atom stereocenters. The molecule has 0 N–H and O–H groups in total. The van der Waals surface area contributed by atoms with Crippen LogP contribution in [-0.2, 0) is 4.79 Å². The van der Waals surface area contributed by atoms with Crippen LogP contribution in [0.15, 0.2) is 0 Å². The lowest BCUT2D eigenvalue weighted by Crippen LogP contribution is -2.50. The normalized spacial score (nSPS) is 43.0. The Balaban J connectivity index is 1.64. The predicted molar refractivity (Wildman–Crippen MR) is 68.9 cm³/mol. The average molecular weight is 235 g/mol. The molecular weight excluding hydrogens is 210 g/mol. The fourth-order valence-electron chi connectivity index (χ4n) is 4.45. The van der Waals surface area contributed by atoms with Gasteiger partial charge < -0.3 is 0 Å². The van der Waals surface area contributed by atoms with Gasteiger partial charge in [0.15, 0.2) is 0 Å². The molecule has 3 fully saturated rings. The fourth-order valence-corrected chi connectivity index (χ4v) is 4.45. The molecular formula is C15H25NO. The van der Waals surface area contributed by atoms with Crippen molar-refractivity contribution in [3.8, 4) is 0 Å². The second-order valence-electron chi connectivity index (χ2n) is 6.36. The third-order valence-corrected chi connectivity index (χ3v) is 5.42. The van der Waals surface area contributed by atoms with Gasteiger partial charge in [-0.1, -0.05) is 13.3 Å². The molecule has 0 radical (unpaired) electrons. The van der Waals surface area contributed by atoms with Crippen LogP contribution in [0, 0.1) is 5.92 Å². The summed E-state index contributed by atoms with van der Waals surface area (Å²) < 4.78 is 0. The second kappa shape index (κ2) is 4.72. The van der Waals surface area contributed by atoms with Crippen molar-refractivity contribution >= 4 is 5.78 Å². The number of hydrogen-bond acceptors (Lipinski definition) is 2. The van der Waals surface area contributed by atoms with E-state index < -0.39 is 0 Å². The smallest absolute Gasteiger partial charge is 0.136 e. The molecule has 3 aliphatic rings. The number of carbonyl (C=O) groups excluding carboxylic acids is 1. The van der Waals surface area contributed by atoms with Crippen LogP contribution in [0.2, 0.25) is 0 Å². The molecule has 2 aliphatic heterocycles. The summed E-state index contributed by atoms with van der Waals surface area (Å²) in [6.45, 7) is 2.33. The molecule has 2 heterocycles. The van der Waals surface area contributed by atoms with Crippen molar-refractivity contribution in [3.63, 3.8) is 0 Å². The van der Waals surface area contributed by atoms with Crippen LogP contribution in [0.3, 0.4) is 0 Å². The van der Waals surface area contributed by atoms with Gasteiger partial charge in [0.2, 0.25) is 0 Å². The van der Waals surface area contributed by atoms with Crippen LogP contribution in [-0.4, -0.2) is 28.8 Å². The van der Waals surface area contributed by atoms with E-state index in [2.05, 4.69) is 11.8 Å². The van der Waals surface area contributed by atoms with Crippen LogP contribution in [0.25, 0.3) is 0 Å². The molecule has 2 bridgehead atoms. The molecule has 1 saturated carbocycles. The van der Waals surface area contributed by atoms with E-state index in [9.17, 15) is 4.79 Å². The highest BCUT2D eigenvalue weighted by Gasteiger charge is 2.43. The quantitative estimate of drug-likeness (QED) is 0.733. The highest BCUT2D eigenvalue weighted by molar-refractivity contribution is 5.81. The van der Waals surface area contributed by atoms with Crippen LogP contribution in [0.4, 0.5) is 0 Å². The number of ketones is 1. The topological polar surface area (TPSA) is 20.3 Å². The van der Waals surface area contributed by atoms with Crippen molar-refractivity contribution < 1.29 is 4.79 Å². The average Bonchev–Trinajstić information content (AvgIpc) is 2.62. The number of rotatable bonds is 2. The summed E-state index contributed by atoms with van der Waals surface area (Å²) in [5.41, 5.74) is 0. The maximum Gasteiger partial charge on any atom is 0.136 e. The Bertz CT molecular complexity index is 277. The zero-order valence-corrected chi connectivity index (χ0v) is 11.0. The van der Waals surface area contributed by atoms with E-state index in [1.165, 1.54) is 44.9 Å². The maximum absolute atomic E-state index is 11.6. The lowest BCUT2D eigenvalue weighted by atomic mass is 9.82.